The normalized spacial score (nSPS) is 19.3. The molecule has 63 heavy (non-hydrogen) atoms. The average Bonchev–Trinajstić information content (AvgIpc) is 3.72. The van der Waals surface area contributed by atoms with E-state index in [1.165, 1.54) is 44.7 Å². The summed E-state index contributed by atoms with van der Waals surface area (Å²) in [7, 11) is 1.69. The topological polar surface area (TPSA) is 155 Å². The Morgan fingerprint density at radius 1 is 0.968 bits per heavy atom. The lowest BCUT2D eigenvalue weighted by Gasteiger charge is -2.35. The summed E-state index contributed by atoms with van der Waals surface area (Å²) in [4.78, 5) is 46.6. The van der Waals surface area contributed by atoms with Crippen LogP contribution in [0.4, 0.5) is 13.2 Å². The number of aromatic nitrogens is 9. The first-order chi connectivity index (χ1) is 30.2. The van der Waals surface area contributed by atoms with Crippen LogP contribution >= 0.6 is 0 Å². The second-order valence-electron chi connectivity index (χ2n) is 17.5. The second-order valence-corrected chi connectivity index (χ2v) is 17.5. The average molecular weight is 859 g/mol. The van der Waals surface area contributed by atoms with Gasteiger partial charge in [0.2, 0.25) is 0 Å². The molecule has 0 unspecified atom stereocenters. The summed E-state index contributed by atoms with van der Waals surface area (Å²) < 4.78 is 63.5. The first-order valence-electron chi connectivity index (χ1n) is 20.9. The molecule has 6 aromatic heterocycles. The van der Waals surface area contributed by atoms with Gasteiger partial charge in [0.15, 0.2) is 23.3 Å². The SMILES string of the molecule is C[C@H]1c2c(nn(-c3ccc(F)c(F)c3)c2-n2ccn(-c3ccc4c(cnn4C)c3F)c2=O)CCN1C(=O)c1cn2cc([C@H]3CCOC(C)(C)C3)ccc2c1C1(c2noc(=O)[nH]2)CC1. The minimum atomic E-state index is -1.12. The van der Waals surface area contributed by atoms with Gasteiger partial charge in [0.05, 0.1) is 62.3 Å². The molecule has 1 N–H and O–H groups in total. The van der Waals surface area contributed by atoms with Crippen molar-refractivity contribution in [1.82, 2.24) is 48.1 Å². The summed E-state index contributed by atoms with van der Waals surface area (Å²) in [6.45, 7) is 6.87. The maximum atomic E-state index is 16.0. The molecular weight excluding hydrogens is 818 g/mol. The minimum absolute atomic E-state index is 0.0173. The standard InChI is InChI=1S/C45H41F3N10O5/c1-24-36-32(51-58(27-6-7-30(46)31(47)19-27)39(36)57-17-16-56(43(57)61)35-10-9-33-28(38(35)48)21-49-53(33)4)11-15-55(24)40(59)29-23-54-22-26(25-12-18-62-44(2,3)20-25)5-8-34(54)37(29)45(13-14-45)41-50-42(60)63-52-41/h5-10,16-17,19,21-25H,11-15,18,20H2,1-4H3,(H,50,52,60)/t24-,25-/m0/s1. The smallest absolute Gasteiger partial charge is 0.376 e. The van der Waals surface area contributed by atoms with Gasteiger partial charge in [-0.1, -0.05) is 11.2 Å². The molecule has 8 aromatic rings. The number of benzene rings is 2. The highest BCUT2D eigenvalue weighted by Gasteiger charge is 2.53. The van der Waals surface area contributed by atoms with E-state index in [1.807, 2.05) is 23.6 Å². The molecule has 2 aromatic carbocycles. The van der Waals surface area contributed by atoms with E-state index in [0.29, 0.717) is 53.2 Å². The van der Waals surface area contributed by atoms with Crippen LogP contribution in [0.15, 0.2) is 87.6 Å². The molecule has 2 aliphatic heterocycles. The van der Waals surface area contributed by atoms with E-state index in [-0.39, 0.29) is 53.0 Å². The van der Waals surface area contributed by atoms with E-state index in [4.69, 9.17) is 14.4 Å². The Hall–Kier alpha value is -6.95. The number of nitrogens with one attached hydrogen (secondary N) is 1. The molecule has 0 radical (unpaired) electrons. The number of aryl methyl sites for hydroxylation is 1. The second kappa shape index (κ2) is 13.8. The van der Waals surface area contributed by atoms with Crippen molar-refractivity contribution in [2.45, 2.75) is 75.9 Å². The van der Waals surface area contributed by atoms with Crippen molar-refractivity contribution in [2.75, 3.05) is 13.2 Å². The third kappa shape index (κ3) is 5.97. The van der Waals surface area contributed by atoms with Crippen LogP contribution in [0, 0.1) is 17.5 Å². The largest absolute Gasteiger partial charge is 0.438 e. The van der Waals surface area contributed by atoms with Gasteiger partial charge in [0, 0.05) is 68.6 Å². The molecule has 8 heterocycles. The summed E-state index contributed by atoms with van der Waals surface area (Å²) in [5.74, 6) is -3.06. The maximum absolute atomic E-state index is 16.0. The molecule has 0 bridgehead atoms. The van der Waals surface area contributed by atoms with E-state index in [2.05, 4.69) is 41.4 Å². The molecule has 1 amide bonds. The first kappa shape index (κ1) is 38.9. The van der Waals surface area contributed by atoms with Gasteiger partial charge in [-0.25, -0.2) is 27.4 Å². The van der Waals surface area contributed by atoms with Gasteiger partial charge in [-0.2, -0.15) is 10.2 Å². The zero-order valence-corrected chi connectivity index (χ0v) is 34.7. The highest BCUT2D eigenvalue weighted by molar-refractivity contribution is 5.99. The van der Waals surface area contributed by atoms with Gasteiger partial charge >= 0.3 is 11.4 Å². The lowest BCUT2D eigenvalue weighted by molar-refractivity contribution is -0.0593. The number of imidazole rings is 1. The number of carbonyl (C=O) groups excluding carboxylic acids is 1. The van der Waals surface area contributed by atoms with E-state index in [0.717, 1.165) is 40.6 Å². The van der Waals surface area contributed by atoms with E-state index in [9.17, 15) is 18.4 Å². The number of halogens is 3. The van der Waals surface area contributed by atoms with Gasteiger partial charge in [-0.15, -0.1) is 0 Å². The number of amides is 1. The van der Waals surface area contributed by atoms with Crippen molar-refractivity contribution in [3.63, 3.8) is 0 Å². The van der Waals surface area contributed by atoms with Crippen molar-refractivity contribution in [3.8, 4) is 17.2 Å². The van der Waals surface area contributed by atoms with Crippen molar-refractivity contribution in [1.29, 1.82) is 0 Å². The number of H-pyrrole nitrogens is 1. The number of fused-ring (bicyclic) bond motifs is 3. The monoisotopic (exact) mass is 858 g/mol. The van der Waals surface area contributed by atoms with E-state index in [1.54, 1.807) is 18.0 Å². The predicted octanol–water partition coefficient (Wildman–Crippen LogP) is 6.56. The van der Waals surface area contributed by atoms with Crippen molar-refractivity contribution in [3.05, 3.63) is 146 Å². The van der Waals surface area contributed by atoms with Gasteiger partial charge in [-0.3, -0.25) is 28.1 Å². The summed E-state index contributed by atoms with van der Waals surface area (Å²) >= 11 is 0. The number of hydrogen-bond acceptors (Lipinski definition) is 8. The van der Waals surface area contributed by atoms with Gasteiger partial charge in [0.1, 0.15) is 5.82 Å². The lowest BCUT2D eigenvalue weighted by Crippen LogP contribution is -2.40. The van der Waals surface area contributed by atoms with E-state index < -0.39 is 40.4 Å². The Morgan fingerprint density at radius 2 is 1.76 bits per heavy atom. The van der Waals surface area contributed by atoms with Crippen molar-refractivity contribution < 1.29 is 27.2 Å². The molecule has 0 spiro atoms. The highest BCUT2D eigenvalue weighted by Crippen LogP contribution is 2.55. The highest BCUT2D eigenvalue weighted by atomic mass is 19.2. The molecule has 15 nitrogen and oxygen atoms in total. The zero-order valence-electron chi connectivity index (χ0n) is 34.7. The van der Waals surface area contributed by atoms with Crippen LogP contribution in [0.25, 0.3) is 33.6 Å². The number of carbonyl (C=O) groups is 1. The predicted molar refractivity (Wildman–Crippen MR) is 222 cm³/mol. The van der Waals surface area contributed by atoms with Crippen molar-refractivity contribution in [2.24, 2.45) is 7.05 Å². The summed E-state index contributed by atoms with van der Waals surface area (Å²) in [6.07, 6.45) is 11.3. The fourth-order valence-corrected chi connectivity index (χ4v) is 9.99. The molecule has 1 saturated heterocycles. The van der Waals surface area contributed by atoms with Gasteiger partial charge in [0.25, 0.3) is 5.91 Å². The Balaban J connectivity index is 1.04. The third-order valence-electron chi connectivity index (χ3n) is 13.3. The molecular formula is C45H41F3N10O5. The molecule has 18 heteroatoms. The number of ether oxygens (including phenoxy) is 1. The van der Waals surface area contributed by atoms with Crippen molar-refractivity contribution >= 4 is 22.3 Å². The number of pyridine rings is 1. The van der Waals surface area contributed by atoms with Crippen LogP contribution in [0.5, 0.6) is 0 Å². The summed E-state index contributed by atoms with van der Waals surface area (Å²) in [5, 5.41) is 13.3. The molecule has 1 saturated carbocycles. The summed E-state index contributed by atoms with van der Waals surface area (Å²) in [5.41, 5.74) is 2.99. The Kier molecular flexibility index (Phi) is 8.51. The number of aromatic amines is 1. The van der Waals surface area contributed by atoms with Crippen LogP contribution < -0.4 is 11.4 Å². The zero-order chi connectivity index (χ0) is 43.7. The molecule has 2 atom stereocenters. The number of rotatable bonds is 7. The van der Waals surface area contributed by atoms with Gasteiger partial charge in [-0.05, 0) is 88.3 Å². The lowest BCUT2D eigenvalue weighted by atomic mass is 9.84. The fraction of sp³-hybridized carbons (Fsp3) is 0.333. The third-order valence-corrected chi connectivity index (χ3v) is 13.3. The molecule has 11 rings (SSSR count). The van der Waals surface area contributed by atoms with Crippen LogP contribution in [0.3, 0.4) is 0 Å². The molecule has 2 fully saturated rings. The molecule has 3 aliphatic rings. The molecule has 1 aliphatic carbocycles. The maximum Gasteiger partial charge on any atom is 0.438 e. The van der Waals surface area contributed by atoms with Crippen LogP contribution in [0.2, 0.25) is 0 Å². The van der Waals surface area contributed by atoms with Crippen LogP contribution in [-0.2, 0) is 23.6 Å². The van der Waals surface area contributed by atoms with Crippen LogP contribution in [-0.4, -0.2) is 72.8 Å². The fourth-order valence-electron chi connectivity index (χ4n) is 9.99. The van der Waals surface area contributed by atoms with Gasteiger partial charge < -0.3 is 14.0 Å². The number of hydrogen-bond donors (Lipinski definition) is 1. The Bertz CT molecular complexity index is 3310. The Labute approximate surface area is 355 Å². The minimum Gasteiger partial charge on any atom is -0.376 e. The number of nitrogens with zero attached hydrogens (tertiary/aromatic N) is 9. The summed E-state index contributed by atoms with van der Waals surface area (Å²) in [6, 6.07) is 9.88. The van der Waals surface area contributed by atoms with E-state index >= 15 is 9.18 Å². The Morgan fingerprint density at radius 3 is 2.51 bits per heavy atom. The quantitative estimate of drug-likeness (QED) is 0.189. The first-order valence-corrected chi connectivity index (χ1v) is 20.9. The molecule has 322 valence electrons. The van der Waals surface area contributed by atoms with Crippen LogP contribution in [0.1, 0.15) is 97.0 Å².